The van der Waals surface area contributed by atoms with E-state index in [4.69, 9.17) is 0 Å². The molecule has 0 saturated carbocycles. The molecule has 1 aromatic heterocycles. The van der Waals surface area contributed by atoms with Crippen LogP contribution in [0.4, 0.5) is 5.69 Å². The van der Waals surface area contributed by atoms with E-state index in [1.807, 2.05) is 18.2 Å². The number of carbonyl (C=O) groups excluding carboxylic acids is 2. The lowest BCUT2D eigenvalue weighted by Gasteiger charge is -2.12. The van der Waals surface area contributed by atoms with Crippen LogP contribution in [0.2, 0.25) is 0 Å². The van der Waals surface area contributed by atoms with Gasteiger partial charge < -0.3 is 0 Å². The molecule has 1 aliphatic heterocycles. The van der Waals surface area contributed by atoms with Crippen LogP contribution < -0.4 is 10.4 Å². The number of anilines is 1. The zero-order valence-corrected chi connectivity index (χ0v) is 13.0. The van der Waals surface area contributed by atoms with Gasteiger partial charge in [-0.05, 0) is 31.2 Å². The van der Waals surface area contributed by atoms with Crippen LogP contribution in [0.15, 0.2) is 65.1 Å². The Labute approximate surface area is 138 Å². The first-order valence-electron chi connectivity index (χ1n) is 7.34. The Morgan fingerprint density at radius 1 is 1.21 bits per heavy atom. The molecule has 0 saturated heterocycles. The largest absolute Gasteiger partial charge is 0.271 e. The van der Waals surface area contributed by atoms with Crippen molar-refractivity contribution in [1.29, 1.82) is 0 Å². The quantitative estimate of drug-likeness (QED) is 0.688. The van der Waals surface area contributed by atoms with E-state index in [-0.39, 0.29) is 11.8 Å². The van der Waals surface area contributed by atoms with E-state index in [9.17, 15) is 9.59 Å². The summed E-state index contributed by atoms with van der Waals surface area (Å²) in [6.45, 7) is 1.75. The monoisotopic (exact) mass is 321 g/mol. The Balaban J connectivity index is 1.67. The maximum Gasteiger partial charge on any atom is 0.271 e. The van der Waals surface area contributed by atoms with Crippen molar-refractivity contribution in [3.05, 3.63) is 60.4 Å². The maximum absolute atomic E-state index is 12.5. The van der Waals surface area contributed by atoms with Gasteiger partial charge in [0.15, 0.2) is 0 Å². The number of rotatable bonds is 4. The van der Waals surface area contributed by atoms with Crippen molar-refractivity contribution in [2.24, 2.45) is 16.1 Å². The highest BCUT2D eigenvalue weighted by Gasteiger charge is 2.33. The summed E-state index contributed by atoms with van der Waals surface area (Å²) in [6.07, 6.45) is 4.44. The minimum Gasteiger partial charge on any atom is -0.271 e. The van der Waals surface area contributed by atoms with E-state index in [0.29, 0.717) is 17.0 Å². The van der Waals surface area contributed by atoms with Crippen LogP contribution in [0.25, 0.3) is 0 Å². The molecule has 1 aliphatic rings. The smallest absolute Gasteiger partial charge is 0.271 e. The van der Waals surface area contributed by atoms with Crippen LogP contribution in [-0.2, 0) is 4.79 Å². The average molecular weight is 321 g/mol. The number of para-hydroxylation sites is 1. The minimum atomic E-state index is -0.594. The Morgan fingerprint density at radius 2 is 1.92 bits per heavy atom. The normalized spacial score (nSPS) is 17.2. The summed E-state index contributed by atoms with van der Waals surface area (Å²) in [4.78, 5) is 28.2. The predicted octanol–water partition coefficient (Wildman–Crippen LogP) is 1.84. The number of hydrogen-bond donors (Lipinski definition) is 1. The van der Waals surface area contributed by atoms with E-state index in [0.717, 1.165) is 0 Å². The van der Waals surface area contributed by atoms with Crippen LogP contribution in [0.1, 0.15) is 17.3 Å². The van der Waals surface area contributed by atoms with Crippen molar-refractivity contribution in [3.63, 3.8) is 0 Å². The van der Waals surface area contributed by atoms with E-state index in [1.165, 1.54) is 23.6 Å². The Hall–Kier alpha value is -3.35. The SMILES string of the molecule is CC1=NN(c2ccccc2)C(=O)[C@@H]1/C=N\NC(=O)c1ccncc1. The molecule has 0 fully saturated rings. The first-order chi connectivity index (χ1) is 11.7. The second-order valence-electron chi connectivity index (χ2n) is 5.16. The molecular formula is C17H15N5O2. The van der Waals surface area contributed by atoms with Crippen LogP contribution >= 0.6 is 0 Å². The highest BCUT2D eigenvalue weighted by molar-refractivity contribution is 6.23. The second-order valence-corrected chi connectivity index (χ2v) is 5.16. The van der Waals surface area contributed by atoms with Gasteiger partial charge in [-0.15, -0.1) is 0 Å². The first kappa shape index (κ1) is 15.5. The average Bonchev–Trinajstić information content (AvgIpc) is 2.91. The van der Waals surface area contributed by atoms with Gasteiger partial charge in [0.1, 0.15) is 5.92 Å². The molecule has 0 unspecified atom stereocenters. The lowest BCUT2D eigenvalue weighted by atomic mass is 10.1. The fourth-order valence-corrected chi connectivity index (χ4v) is 2.24. The summed E-state index contributed by atoms with van der Waals surface area (Å²) >= 11 is 0. The predicted molar refractivity (Wildman–Crippen MR) is 90.7 cm³/mol. The fourth-order valence-electron chi connectivity index (χ4n) is 2.24. The number of pyridine rings is 1. The van der Waals surface area contributed by atoms with Crippen molar-refractivity contribution in [2.75, 3.05) is 5.01 Å². The summed E-state index contributed by atoms with van der Waals surface area (Å²) < 4.78 is 0. The fraction of sp³-hybridized carbons (Fsp3) is 0.118. The summed E-state index contributed by atoms with van der Waals surface area (Å²) in [5, 5.41) is 9.49. The van der Waals surface area contributed by atoms with Crippen molar-refractivity contribution in [2.45, 2.75) is 6.92 Å². The van der Waals surface area contributed by atoms with Crippen LogP contribution in [0.5, 0.6) is 0 Å². The van der Waals surface area contributed by atoms with Crippen molar-refractivity contribution in [1.82, 2.24) is 10.4 Å². The Bertz CT molecular complexity index is 802. The van der Waals surface area contributed by atoms with Crippen LogP contribution in [0.3, 0.4) is 0 Å². The highest BCUT2D eigenvalue weighted by Crippen LogP contribution is 2.22. The molecule has 0 aliphatic carbocycles. The molecule has 1 atom stereocenters. The zero-order chi connectivity index (χ0) is 16.9. The van der Waals surface area contributed by atoms with Gasteiger partial charge in [-0.1, -0.05) is 18.2 Å². The lowest BCUT2D eigenvalue weighted by molar-refractivity contribution is -0.118. The maximum atomic E-state index is 12.5. The third kappa shape index (κ3) is 3.19. The standard InChI is InChI=1S/C17H15N5O2/c1-12-15(11-19-20-16(23)13-7-9-18-10-8-13)17(24)22(21-12)14-5-3-2-4-6-14/h2-11,15H,1H3,(H,20,23)/b19-11-/t15-/m1/s1. The van der Waals surface area contributed by atoms with E-state index < -0.39 is 5.92 Å². The van der Waals surface area contributed by atoms with Crippen molar-refractivity contribution >= 4 is 29.4 Å². The zero-order valence-electron chi connectivity index (χ0n) is 13.0. The number of carbonyl (C=O) groups is 2. The van der Waals surface area contributed by atoms with E-state index in [2.05, 4.69) is 20.6 Å². The van der Waals surface area contributed by atoms with Gasteiger partial charge in [0, 0.05) is 24.2 Å². The third-order valence-corrected chi connectivity index (χ3v) is 3.52. The molecule has 7 nitrogen and oxygen atoms in total. The Kier molecular flexibility index (Phi) is 4.42. The number of nitrogens with zero attached hydrogens (tertiary/aromatic N) is 4. The number of nitrogens with one attached hydrogen (secondary N) is 1. The van der Waals surface area contributed by atoms with Gasteiger partial charge in [0.25, 0.3) is 11.8 Å². The molecule has 1 aromatic carbocycles. The van der Waals surface area contributed by atoms with E-state index >= 15 is 0 Å². The minimum absolute atomic E-state index is 0.208. The molecule has 24 heavy (non-hydrogen) atoms. The Morgan fingerprint density at radius 3 is 2.62 bits per heavy atom. The van der Waals surface area contributed by atoms with Gasteiger partial charge in [-0.3, -0.25) is 14.6 Å². The lowest BCUT2D eigenvalue weighted by Crippen LogP contribution is -2.29. The number of benzene rings is 1. The molecule has 2 aromatic rings. The molecule has 120 valence electrons. The molecule has 0 radical (unpaired) electrons. The molecule has 0 bridgehead atoms. The number of hydrogen-bond acceptors (Lipinski definition) is 5. The summed E-state index contributed by atoms with van der Waals surface area (Å²) in [7, 11) is 0. The topological polar surface area (TPSA) is 87.0 Å². The number of hydrazone groups is 2. The summed E-state index contributed by atoms with van der Waals surface area (Å²) in [5.74, 6) is -1.17. The van der Waals surface area contributed by atoms with Gasteiger partial charge in [0.2, 0.25) is 0 Å². The molecule has 3 rings (SSSR count). The van der Waals surface area contributed by atoms with Gasteiger partial charge in [-0.25, -0.2) is 5.43 Å². The molecule has 1 N–H and O–H groups in total. The van der Waals surface area contributed by atoms with Gasteiger partial charge >= 0.3 is 0 Å². The molecule has 7 heteroatoms. The molecule has 0 spiro atoms. The summed E-state index contributed by atoms with van der Waals surface area (Å²) in [6, 6.07) is 12.3. The van der Waals surface area contributed by atoms with E-state index in [1.54, 1.807) is 31.2 Å². The van der Waals surface area contributed by atoms with Crippen LogP contribution in [0, 0.1) is 5.92 Å². The molecule has 2 amide bonds. The van der Waals surface area contributed by atoms with Gasteiger partial charge in [0.05, 0.1) is 11.4 Å². The second kappa shape index (κ2) is 6.82. The van der Waals surface area contributed by atoms with Crippen molar-refractivity contribution < 1.29 is 9.59 Å². The number of aromatic nitrogens is 1. The summed E-state index contributed by atoms with van der Waals surface area (Å²) in [5.41, 5.74) is 4.15. The first-order valence-corrected chi connectivity index (χ1v) is 7.34. The third-order valence-electron chi connectivity index (χ3n) is 3.52. The van der Waals surface area contributed by atoms with Gasteiger partial charge in [-0.2, -0.15) is 15.2 Å². The van der Waals surface area contributed by atoms with Crippen molar-refractivity contribution in [3.8, 4) is 0 Å². The molecule has 2 heterocycles. The highest BCUT2D eigenvalue weighted by atomic mass is 16.2. The number of amides is 2. The van der Waals surface area contributed by atoms with Crippen LogP contribution in [-0.4, -0.2) is 28.7 Å². The molecular weight excluding hydrogens is 306 g/mol.